The molecule has 6 nitrogen and oxygen atoms in total. The molecule has 0 saturated heterocycles. The first-order valence-electron chi connectivity index (χ1n) is 8.86. The third kappa shape index (κ3) is 2.58. The highest BCUT2D eigenvalue weighted by atomic mass is 16.6. The molecule has 1 fully saturated rings. The summed E-state index contributed by atoms with van der Waals surface area (Å²) in [6, 6.07) is 11.1. The first kappa shape index (κ1) is 15.3. The molecule has 0 spiro atoms. The maximum Gasteiger partial charge on any atom is 0.255 e. The number of fused-ring (bicyclic) bond motifs is 2. The summed E-state index contributed by atoms with van der Waals surface area (Å²) in [5.41, 5.74) is 3.19. The molecule has 0 radical (unpaired) electrons. The van der Waals surface area contributed by atoms with Gasteiger partial charge in [0.2, 0.25) is 0 Å². The lowest BCUT2D eigenvalue weighted by atomic mass is 10.1. The number of hydrogen-bond acceptors (Lipinski definition) is 4. The molecule has 0 bridgehead atoms. The first-order chi connectivity index (χ1) is 12.7. The molecule has 0 atom stereocenters. The van der Waals surface area contributed by atoms with Crippen LogP contribution >= 0.6 is 0 Å². The fourth-order valence-corrected chi connectivity index (χ4v) is 3.39. The molecule has 1 aliphatic carbocycles. The SMILES string of the molecule is Cn1c(C2CC2)nc2cc(C(=O)Nc3ccc4c(c3)OCCO4)ccc21. The van der Waals surface area contributed by atoms with Crippen LogP contribution in [0.2, 0.25) is 0 Å². The number of ether oxygens (including phenoxy) is 2. The average Bonchev–Trinajstić information content (AvgIpc) is 3.45. The average molecular weight is 349 g/mol. The van der Waals surface area contributed by atoms with E-state index in [9.17, 15) is 4.79 Å². The summed E-state index contributed by atoms with van der Waals surface area (Å²) >= 11 is 0. The number of aromatic nitrogens is 2. The molecule has 26 heavy (non-hydrogen) atoms. The van der Waals surface area contributed by atoms with E-state index in [0.717, 1.165) is 16.9 Å². The topological polar surface area (TPSA) is 65.4 Å². The zero-order chi connectivity index (χ0) is 17.7. The summed E-state index contributed by atoms with van der Waals surface area (Å²) in [6.07, 6.45) is 2.41. The van der Waals surface area contributed by atoms with Crippen LogP contribution < -0.4 is 14.8 Å². The second-order valence-electron chi connectivity index (χ2n) is 6.82. The normalized spacial score (nSPS) is 15.9. The molecule has 6 heteroatoms. The number of rotatable bonds is 3. The van der Waals surface area contributed by atoms with Crippen molar-refractivity contribution in [3.05, 3.63) is 47.8 Å². The van der Waals surface area contributed by atoms with Gasteiger partial charge in [0, 0.05) is 30.3 Å². The monoisotopic (exact) mass is 349 g/mol. The van der Waals surface area contributed by atoms with Gasteiger partial charge in [-0.2, -0.15) is 0 Å². The molecule has 1 aromatic heterocycles. The van der Waals surface area contributed by atoms with Gasteiger partial charge < -0.3 is 19.4 Å². The van der Waals surface area contributed by atoms with Gasteiger partial charge in [0.15, 0.2) is 11.5 Å². The van der Waals surface area contributed by atoms with E-state index in [0.29, 0.717) is 41.9 Å². The number of nitrogens with one attached hydrogen (secondary N) is 1. The van der Waals surface area contributed by atoms with Crippen LogP contribution in [-0.4, -0.2) is 28.7 Å². The molecular formula is C20H19N3O3. The Hall–Kier alpha value is -3.02. The van der Waals surface area contributed by atoms with Crippen LogP contribution in [-0.2, 0) is 7.05 Å². The number of amides is 1. The predicted octanol–water partition coefficient (Wildman–Crippen LogP) is 3.47. The third-order valence-corrected chi connectivity index (χ3v) is 4.92. The molecule has 2 heterocycles. The van der Waals surface area contributed by atoms with Crippen molar-refractivity contribution in [1.29, 1.82) is 0 Å². The molecule has 1 amide bonds. The van der Waals surface area contributed by atoms with Crippen molar-refractivity contribution in [2.45, 2.75) is 18.8 Å². The highest BCUT2D eigenvalue weighted by Gasteiger charge is 2.28. The van der Waals surface area contributed by atoms with Crippen molar-refractivity contribution in [2.24, 2.45) is 7.05 Å². The lowest BCUT2D eigenvalue weighted by molar-refractivity contribution is 0.102. The second kappa shape index (κ2) is 5.76. The van der Waals surface area contributed by atoms with Crippen molar-refractivity contribution < 1.29 is 14.3 Å². The maximum absolute atomic E-state index is 12.6. The second-order valence-corrected chi connectivity index (χ2v) is 6.82. The lowest BCUT2D eigenvalue weighted by Gasteiger charge is -2.19. The van der Waals surface area contributed by atoms with E-state index in [-0.39, 0.29) is 5.91 Å². The van der Waals surface area contributed by atoms with Crippen LogP contribution in [0.1, 0.15) is 34.9 Å². The van der Waals surface area contributed by atoms with Crippen LogP contribution in [0, 0.1) is 0 Å². The van der Waals surface area contributed by atoms with Gasteiger partial charge in [-0.1, -0.05) is 0 Å². The van der Waals surface area contributed by atoms with E-state index in [1.165, 1.54) is 12.8 Å². The van der Waals surface area contributed by atoms with E-state index in [1.807, 2.05) is 37.4 Å². The van der Waals surface area contributed by atoms with Gasteiger partial charge in [-0.3, -0.25) is 4.79 Å². The smallest absolute Gasteiger partial charge is 0.255 e. The Morgan fingerprint density at radius 2 is 1.92 bits per heavy atom. The summed E-state index contributed by atoms with van der Waals surface area (Å²) in [5, 5.41) is 2.92. The molecule has 5 rings (SSSR count). The van der Waals surface area contributed by atoms with Crippen LogP contribution in [0.5, 0.6) is 11.5 Å². The van der Waals surface area contributed by atoms with Crippen molar-refractivity contribution in [1.82, 2.24) is 9.55 Å². The summed E-state index contributed by atoms with van der Waals surface area (Å²) < 4.78 is 13.2. The molecule has 1 aliphatic heterocycles. The number of carbonyl (C=O) groups excluding carboxylic acids is 1. The number of anilines is 1. The van der Waals surface area contributed by atoms with E-state index in [4.69, 9.17) is 14.5 Å². The Bertz CT molecular complexity index is 1020. The lowest BCUT2D eigenvalue weighted by Crippen LogP contribution is -2.16. The summed E-state index contributed by atoms with van der Waals surface area (Å²) in [4.78, 5) is 17.4. The number of nitrogens with zero attached hydrogens (tertiary/aromatic N) is 2. The zero-order valence-corrected chi connectivity index (χ0v) is 14.5. The third-order valence-electron chi connectivity index (χ3n) is 4.92. The van der Waals surface area contributed by atoms with Gasteiger partial charge >= 0.3 is 0 Å². The van der Waals surface area contributed by atoms with Crippen molar-refractivity contribution in [3.8, 4) is 11.5 Å². The number of aryl methyl sites for hydroxylation is 1. The van der Waals surface area contributed by atoms with Gasteiger partial charge in [-0.05, 0) is 43.2 Å². The van der Waals surface area contributed by atoms with Crippen molar-refractivity contribution in [3.63, 3.8) is 0 Å². The Morgan fingerprint density at radius 3 is 2.73 bits per heavy atom. The maximum atomic E-state index is 12.6. The molecular weight excluding hydrogens is 330 g/mol. The van der Waals surface area contributed by atoms with Crippen LogP contribution in [0.15, 0.2) is 36.4 Å². The minimum Gasteiger partial charge on any atom is -0.486 e. The van der Waals surface area contributed by atoms with Crippen LogP contribution in [0.4, 0.5) is 5.69 Å². The molecule has 2 aromatic carbocycles. The van der Waals surface area contributed by atoms with Crippen LogP contribution in [0.25, 0.3) is 11.0 Å². The Kier molecular flexibility index (Phi) is 3.38. The van der Waals surface area contributed by atoms with Gasteiger partial charge in [0.1, 0.15) is 19.0 Å². The van der Waals surface area contributed by atoms with E-state index >= 15 is 0 Å². The van der Waals surface area contributed by atoms with Crippen LogP contribution in [0.3, 0.4) is 0 Å². The van der Waals surface area contributed by atoms with Gasteiger partial charge in [0.05, 0.1) is 11.0 Å². The molecule has 1 saturated carbocycles. The van der Waals surface area contributed by atoms with Gasteiger partial charge in [0.25, 0.3) is 5.91 Å². The number of benzene rings is 2. The fourth-order valence-electron chi connectivity index (χ4n) is 3.39. The Morgan fingerprint density at radius 1 is 1.12 bits per heavy atom. The van der Waals surface area contributed by atoms with E-state index < -0.39 is 0 Å². The first-order valence-corrected chi connectivity index (χ1v) is 8.86. The van der Waals surface area contributed by atoms with Gasteiger partial charge in [-0.25, -0.2) is 4.98 Å². The standard InChI is InChI=1S/C20H19N3O3/c1-23-16-6-4-13(10-15(16)22-19(23)12-2-3-12)20(24)21-14-5-7-17-18(11-14)26-9-8-25-17/h4-7,10-12H,2-3,8-9H2,1H3,(H,21,24). The van der Waals surface area contributed by atoms with Gasteiger partial charge in [-0.15, -0.1) is 0 Å². The minimum absolute atomic E-state index is 0.165. The quantitative estimate of drug-likeness (QED) is 0.786. The minimum atomic E-state index is -0.165. The summed E-state index contributed by atoms with van der Waals surface area (Å²) in [7, 11) is 2.04. The number of hydrogen-bond donors (Lipinski definition) is 1. The Balaban J connectivity index is 1.41. The van der Waals surface area contributed by atoms with Crippen molar-refractivity contribution in [2.75, 3.05) is 18.5 Å². The molecule has 3 aromatic rings. The van der Waals surface area contributed by atoms with E-state index in [2.05, 4.69) is 9.88 Å². The molecule has 0 unspecified atom stereocenters. The van der Waals surface area contributed by atoms with E-state index in [1.54, 1.807) is 6.07 Å². The number of imidazole rings is 1. The largest absolute Gasteiger partial charge is 0.486 e. The number of carbonyl (C=O) groups is 1. The highest BCUT2D eigenvalue weighted by Crippen LogP contribution is 2.40. The Labute approximate surface area is 150 Å². The van der Waals surface area contributed by atoms with Crippen molar-refractivity contribution >= 4 is 22.6 Å². The summed E-state index contributed by atoms with van der Waals surface area (Å²) in [5.74, 6) is 2.88. The summed E-state index contributed by atoms with van der Waals surface area (Å²) in [6.45, 7) is 1.07. The highest BCUT2D eigenvalue weighted by molar-refractivity contribution is 6.06. The fraction of sp³-hybridized carbons (Fsp3) is 0.300. The zero-order valence-electron chi connectivity index (χ0n) is 14.5. The molecule has 2 aliphatic rings. The molecule has 1 N–H and O–H groups in total. The molecule has 132 valence electrons. The predicted molar refractivity (Wildman–Crippen MR) is 98.1 cm³/mol.